The minimum Gasteiger partial charge on any atom is -0.377 e. The molecule has 0 radical (unpaired) electrons. The summed E-state index contributed by atoms with van der Waals surface area (Å²) in [7, 11) is 1.74. The summed E-state index contributed by atoms with van der Waals surface area (Å²) >= 11 is 6.88. The summed E-state index contributed by atoms with van der Waals surface area (Å²) in [4.78, 5) is 1.44. The molecule has 0 spiro atoms. The molecule has 0 aliphatic carbocycles. The van der Waals surface area contributed by atoms with Crippen LogP contribution in [0.25, 0.3) is 0 Å². The van der Waals surface area contributed by atoms with Crippen molar-refractivity contribution in [1.29, 1.82) is 0 Å². The summed E-state index contributed by atoms with van der Waals surface area (Å²) in [5.41, 5.74) is 0.988. The van der Waals surface area contributed by atoms with Crippen molar-refractivity contribution >= 4 is 37.5 Å². The molecule has 0 amide bonds. The molecule has 1 aromatic carbocycles. The van der Waals surface area contributed by atoms with Crippen LogP contribution < -0.4 is 5.32 Å². The fourth-order valence-electron chi connectivity index (χ4n) is 1.20. The van der Waals surface area contributed by atoms with Crippen LogP contribution in [0.1, 0.15) is 5.82 Å². The van der Waals surface area contributed by atoms with Gasteiger partial charge in [-0.05, 0) is 39.3 Å². The van der Waals surface area contributed by atoms with Gasteiger partial charge in [0.25, 0.3) is 0 Å². The molecule has 0 saturated heterocycles. The Hall–Kier alpha value is -0.950. The van der Waals surface area contributed by atoms with Crippen molar-refractivity contribution in [2.75, 3.05) is 5.32 Å². The zero-order valence-corrected chi connectivity index (χ0v) is 11.7. The smallest absolute Gasteiger partial charge is 0.193 e. The summed E-state index contributed by atoms with van der Waals surface area (Å²) in [5.74, 6) is 0.661. The third kappa shape index (κ3) is 2.79. The van der Waals surface area contributed by atoms with E-state index in [0.29, 0.717) is 12.4 Å². The third-order valence-electron chi connectivity index (χ3n) is 1.92. The van der Waals surface area contributed by atoms with E-state index in [2.05, 4.69) is 52.6 Å². The molecule has 5 nitrogen and oxygen atoms in total. The molecule has 16 heavy (non-hydrogen) atoms. The normalized spacial score (nSPS) is 10.4. The van der Waals surface area contributed by atoms with Gasteiger partial charge in [0.15, 0.2) is 5.82 Å². The average Bonchev–Trinajstić information content (AvgIpc) is 2.66. The molecule has 2 aromatic rings. The third-order valence-corrected chi connectivity index (χ3v) is 3.10. The van der Waals surface area contributed by atoms with Gasteiger partial charge >= 0.3 is 0 Å². The number of nitrogens with zero attached hydrogens (tertiary/aromatic N) is 4. The highest BCUT2D eigenvalue weighted by atomic mass is 79.9. The van der Waals surface area contributed by atoms with Gasteiger partial charge in [0.1, 0.15) is 0 Å². The number of aryl methyl sites for hydroxylation is 1. The maximum Gasteiger partial charge on any atom is 0.193 e. The number of hydrogen-bond donors (Lipinski definition) is 1. The Morgan fingerprint density at radius 2 is 2.19 bits per heavy atom. The van der Waals surface area contributed by atoms with Gasteiger partial charge in [0.2, 0.25) is 0 Å². The predicted molar refractivity (Wildman–Crippen MR) is 68.0 cm³/mol. The van der Waals surface area contributed by atoms with Crippen LogP contribution in [0.3, 0.4) is 0 Å². The Labute approximate surface area is 109 Å². The fraction of sp³-hybridized carbons (Fsp3) is 0.222. The summed E-state index contributed by atoms with van der Waals surface area (Å²) in [6.45, 7) is 0.545. The predicted octanol–water partition coefficient (Wildman–Crippen LogP) is 2.35. The minimum absolute atomic E-state index is 0.545. The van der Waals surface area contributed by atoms with Crippen molar-refractivity contribution in [1.82, 2.24) is 20.2 Å². The van der Waals surface area contributed by atoms with E-state index in [0.717, 1.165) is 14.6 Å². The van der Waals surface area contributed by atoms with Crippen LogP contribution >= 0.6 is 31.9 Å². The summed E-state index contributed by atoms with van der Waals surface area (Å²) in [6.07, 6.45) is 0. The van der Waals surface area contributed by atoms with Crippen molar-refractivity contribution in [2.45, 2.75) is 6.54 Å². The number of benzene rings is 1. The zero-order chi connectivity index (χ0) is 11.5. The highest BCUT2D eigenvalue weighted by Gasteiger charge is 2.03. The molecule has 0 fully saturated rings. The number of aromatic nitrogens is 4. The highest BCUT2D eigenvalue weighted by molar-refractivity contribution is 9.11. The molecule has 0 bridgehead atoms. The van der Waals surface area contributed by atoms with Crippen molar-refractivity contribution in [3.63, 3.8) is 0 Å². The van der Waals surface area contributed by atoms with Crippen LogP contribution in [0.4, 0.5) is 5.69 Å². The summed E-state index contributed by atoms with van der Waals surface area (Å²) < 4.78 is 2.02. The molecule has 1 heterocycles. The Bertz CT molecular complexity index is 496. The Morgan fingerprint density at radius 1 is 1.38 bits per heavy atom. The second-order valence-corrected chi connectivity index (χ2v) is 4.94. The first-order valence-corrected chi connectivity index (χ1v) is 6.15. The summed E-state index contributed by atoms with van der Waals surface area (Å²) in [6, 6.07) is 5.92. The first kappa shape index (κ1) is 11.5. The monoisotopic (exact) mass is 345 g/mol. The topological polar surface area (TPSA) is 55.6 Å². The first-order chi connectivity index (χ1) is 7.65. The molecule has 0 aliphatic rings. The Balaban J connectivity index is 2.07. The maximum absolute atomic E-state index is 4.08. The van der Waals surface area contributed by atoms with Crippen LogP contribution in [-0.2, 0) is 13.6 Å². The lowest BCUT2D eigenvalue weighted by Crippen LogP contribution is -2.02. The number of hydrogen-bond acceptors (Lipinski definition) is 4. The maximum atomic E-state index is 4.08. The van der Waals surface area contributed by atoms with Gasteiger partial charge in [-0.2, -0.15) is 4.80 Å². The van der Waals surface area contributed by atoms with Crippen LogP contribution in [-0.4, -0.2) is 20.2 Å². The van der Waals surface area contributed by atoms with Crippen LogP contribution in [0, 0.1) is 0 Å². The van der Waals surface area contributed by atoms with Crippen molar-refractivity contribution < 1.29 is 0 Å². The van der Waals surface area contributed by atoms with E-state index in [1.807, 2.05) is 18.2 Å². The molecular formula is C9H9Br2N5. The van der Waals surface area contributed by atoms with E-state index in [4.69, 9.17) is 0 Å². The molecule has 84 valence electrons. The molecule has 1 aromatic heterocycles. The van der Waals surface area contributed by atoms with E-state index in [9.17, 15) is 0 Å². The lowest BCUT2D eigenvalue weighted by molar-refractivity contribution is 0.628. The van der Waals surface area contributed by atoms with E-state index < -0.39 is 0 Å². The molecule has 0 unspecified atom stereocenters. The van der Waals surface area contributed by atoms with Crippen LogP contribution in [0.15, 0.2) is 27.1 Å². The number of anilines is 1. The van der Waals surface area contributed by atoms with Crippen molar-refractivity contribution in [2.24, 2.45) is 7.05 Å². The van der Waals surface area contributed by atoms with Crippen LogP contribution in [0.5, 0.6) is 0 Å². The molecule has 2 rings (SSSR count). The molecule has 7 heteroatoms. The first-order valence-electron chi connectivity index (χ1n) is 4.57. The quantitative estimate of drug-likeness (QED) is 0.926. The second kappa shape index (κ2) is 4.92. The van der Waals surface area contributed by atoms with Gasteiger partial charge in [0, 0.05) is 14.6 Å². The molecule has 0 atom stereocenters. The molecule has 0 saturated carbocycles. The Kier molecular flexibility index (Phi) is 3.55. The van der Waals surface area contributed by atoms with Gasteiger partial charge in [-0.1, -0.05) is 15.9 Å². The Morgan fingerprint density at radius 3 is 2.88 bits per heavy atom. The molecular weight excluding hydrogens is 338 g/mol. The molecule has 0 aliphatic heterocycles. The van der Waals surface area contributed by atoms with E-state index in [-0.39, 0.29) is 0 Å². The SMILES string of the molecule is Cn1nnc(CNc2cc(Br)ccc2Br)n1. The number of halogens is 2. The fourth-order valence-corrected chi connectivity index (χ4v) is 1.95. The average molecular weight is 347 g/mol. The van der Waals surface area contributed by atoms with E-state index in [1.54, 1.807) is 7.05 Å². The standard InChI is InChI=1S/C9H9Br2N5/c1-16-14-9(13-15-16)5-12-8-4-6(10)2-3-7(8)11/h2-4,12H,5H2,1H3. The zero-order valence-electron chi connectivity index (χ0n) is 8.48. The van der Waals surface area contributed by atoms with Gasteiger partial charge in [-0.15, -0.1) is 10.2 Å². The minimum atomic E-state index is 0.545. The highest BCUT2D eigenvalue weighted by Crippen LogP contribution is 2.26. The largest absolute Gasteiger partial charge is 0.377 e. The van der Waals surface area contributed by atoms with E-state index in [1.165, 1.54) is 4.80 Å². The number of nitrogens with one attached hydrogen (secondary N) is 1. The lowest BCUT2D eigenvalue weighted by atomic mass is 10.3. The molecule has 1 N–H and O–H groups in total. The van der Waals surface area contributed by atoms with Gasteiger partial charge < -0.3 is 5.32 Å². The lowest BCUT2D eigenvalue weighted by Gasteiger charge is -2.06. The van der Waals surface area contributed by atoms with E-state index >= 15 is 0 Å². The second-order valence-electron chi connectivity index (χ2n) is 3.17. The van der Waals surface area contributed by atoms with Gasteiger partial charge in [-0.3, -0.25) is 0 Å². The van der Waals surface area contributed by atoms with Crippen LogP contribution in [0.2, 0.25) is 0 Å². The van der Waals surface area contributed by atoms with Gasteiger partial charge in [-0.25, -0.2) is 0 Å². The number of tetrazole rings is 1. The van der Waals surface area contributed by atoms with Gasteiger partial charge in [0.05, 0.1) is 13.6 Å². The van der Waals surface area contributed by atoms with Crippen molar-refractivity contribution in [3.05, 3.63) is 33.0 Å². The summed E-state index contributed by atoms with van der Waals surface area (Å²) in [5, 5.41) is 15.0. The number of rotatable bonds is 3. The van der Waals surface area contributed by atoms with Crippen molar-refractivity contribution in [3.8, 4) is 0 Å².